The molecule has 0 aliphatic carbocycles. The Kier molecular flexibility index (Phi) is 6.40. The molecule has 0 amide bonds. The Morgan fingerprint density at radius 3 is 2.88 bits per heavy atom. The molecule has 1 saturated heterocycles. The van der Waals surface area contributed by atoms with Crippen molar-refractivity contribution in [2.24, 2.45) is 5.41 Å². The van der Waals surface area contributed by atoms with Crippen LogP contribution in [-0.4, -0.2) is 22.4 Å². The Bertz CT molecular complexity index is 235. The summed E-state index contributed by atoms with van der Waals surface area (Å²) in [5.41, 5.74) is -0.282. The molecule has 4 heteroatoms. The fraction of sp³-hybridized carbons (Fsp3) is 0.917. The van der Waals surface area contributed by atoms with Gasteiger partial charge in [-0.1, -0.05) is 22.6 Å². The van der Waals surface area contributed by atoms with Gasteiger partial charge in [0.1, 0.15) is 6.10 Å². The molecule has 2 atom stereocenters. The highest BCUT2D eigenvalue weighted by molar-refractivity contribution is 14.1. The first-order valence-electron chi connectivity index (χ1n) is 5.95. The van der Waals surface area contributed by atoms with Gasteiger partial charge in [0.25, 0.3) is 0 Å². The number of carbonyl (C=O) groups excluding carboxylic acids is 1. The Balaban J connectivity index is 2.41. The number of esters is 1. The topological polar surface area (TPSA) is 26.3 Å². The molecule has 1 rings (SSSR count). The summed E-state index contributed by atoms with van der Waals surface area (Å²) in [6.45, 7) is 2.01. The maximum Gasteiger partial charge on any atom is 0.312 e. The van der Waals surface area contributed by atoms with E-state index in [-0.39, 0.29) is 17.5 Å². The van der Waals surface area contributed by atoms with Gasteiger partial charge in [0.2, 0.25) is 0 Å². The lowest BCUT2D eigenvalue weighted by molar-refractivity contribution is -0.169. The van der Waals surface area contributed by atoms with Crippen molar-refractivity contribution >= 4 is 40.2 Å². The van der Waals surface area contributed by atoms with Crippen LogP contribution in [0, 0.1) is 5.41 Å². The first kappa shape index (κ1) is 14.6. The van der Waals surface area contributed by atoms with Crippen LogP contribution in [0.4, 0.5) is 0 Å². The quantitative estimate of drug-likeness (QED) is 0.408. The molecule has 16 heavy (non-hydrogen) atoms. The average molecular weight is 359 g/mol. The van der Waals surface area contributed by atoms with E-state index < -0.39 is 0 Å². The number of rotatable bonds is 6. The predicted octanol–water partition coefficient (Wildman–Crippen LogP) is 3.93. The smallest absolute Gasteiger partial charge is 0.312 e. The second-order valence-electron chi connectivity index (χ2n) is 4.75. The first-order chi connectivity index (χ1) is 7.62. The molecule has 0 spiro atoms. The van der Waals surface area contributed by atoms with Crippen LogP contribution in [0.25, 0.3) is 0 Å². The zero-order valence-electron chi connectivity index (χ0n) is 9.81. The molecular formula is C12H20ClIO2. The lowest BCUT2D eigenvalue weighted by Crippen LogP contribution is -2.39. The van der Waals surface area contributed by atoms with Crippen LogP contribution < -0.4 is 0 Å². The molecule has 94 valence electrons. The van der Waals surface area contributed by atoms with E-state index in [4.69, 9.17) is 16.3 Å². The molecule has 0 unspecified atom stereocenters. The van der Waals surface area contributed by atoms with Crippen LogP contribution in [0.2, 0.25) is 0 Å². The molecule has 0 radical (unpaired) electrons. The molecule has 0 bridgehead atoms. The molecule has 0 aromatic rings. The normalized spacial score (nSPS) is 30.2. The van der Waals surface area contributed by atoms with Crippen molar-refractivity contribution in [2.45, 2.75) is 51.6 Å². The molecule has 1 aliphatic heterocycles. The summed E-state index contributed by atoms with van der Waals surface area (Å²) in [5.74, 6) is 0.614. The van der Waals surface area contributed by atoms with Gasteiger partial charge in [-0.2, -0.15) is 0 Å². The highest BCUT2D eigenvalue weighted by Gasteiger charge is 2.39. The number of alkyl halides is 2. The highest BCUT2D eigenvalue weighted by Crippen LogP contribution is 2.37. The van der Waals surface area contributed by atoms with Crippen LogP contribution in [0.5, 0.6) is 0 Å². The minimum atomic E-state index is -0.282. The molecule has 0 saturated carbocycles. The van der Waals surface area contributed by atoms with Crippen LogP contribution in [0.1, 0.15) is 45.4 Å². The van der Waals surface area contributed by atoms with Crippen molar-refractivity contribution in [2.75, 3.05) is 10.3 Å². The van der Waals surface area contributed by atoms with Gasteiger partial charge >= 0.3 is 5.97 Å². The second-order valence-corrected chi connectivity index (χ2v) is 6.21. The standard InChI is InChI=1S/C12H20ClIO2/c1-12(6-3-8-13)7-5-10(4-2-9-14)16-11(12)15/h10H,2-9H2,1H3/t10-,12-/m0/s1. The summed E-state index contributed by atoms with van der Waals surface area (Å²) >= 11 is 8.03. The van der Waals surface area contributed by atoms with Gasteiger partial charge in [-0.3, -0.25) is 4.79 Å². The van der Waals surface area contributed by atoms with Crippen molar-refractivity contribution in [3.63, 3.8) is 0 Å². The third kappa shape index (κ3) is 4.06. The van der Waals surface area contributed by atoms with Gasteiger partial charge in [-0.05, 0) is 49.9 Å². The molecule has 1 aliphatic rings. The van der Waals surface area contributed by atoms with Crippen LogP contribution in [0.15, 0.2) is 0 Å². The number of ether oxygens (including phenoxy) is 1. The first-order valence-corrected chi connectivity index (χ1v) is 8.01. The average Bonchev–Trinajstić information content (AvgIpc) is 2.28. The van der Waals surface area contributed by atoms with Gasteiger partial charge < -0.3 is 4.74 Å². The van der Waals surface area contributed by atoms with E-state index in [0.29, 0.717) is 5.88 Å². The second kappa shape index (κ2) is 7.04. The number of hydrogen-bond acceptors (Lipinski definition) is 2. The monoisotopic (exact) mass is 358 g/mol. The molecule has 0 aromatic heterocycles. The summed E-state index contributed by atoms with van der Waals surface area (Å²) in [5, 5.41) is 0. The van der Waals surface area contributed by atoms with E-state index in [9.17, 15) is 4.79 Å². The number of cyclic esters (lactones) is 1. The summed E-state index contributed by atoms with van der Waals surface area (Å²) in [7, 11) is 0. The molecule has 1 fully saturated rings. The summed E-state index contributed by atoms with van der Waals surface area (Å²) < 4.78 is 6.65. The van der Waals surface area contributed by atoms with Crippen molar-refractivity contribution in [1.82, 2.24) is 0 Å². The SMILES string of the molecule is C[C@]1(CCCCl)CC[C@H](CCCI)OC1=O. The number of hydrogen-bond donors (Lipinski definition) is 0. The number of halogens is 2. The van der Waals surface area contributed by atoms with Crippen molar-refractivity contribution in [3.05, 3.63) is 0 Å². The van der Waals surface area contributed by atoms with E-state index in [0.717, 1.165) is 43.0 Å². The predicted molar refractivity (Wildman–Crippen MR) is 75.3 cm³/mol. The van der Waals surface area contributed by atoms with Crippen LogP contribution in [-0.2, 0) is 9.53 Å². The van der Waals surface area contributed by atoms with Crippen LogP contribution in [0.3, 0.4) is 0 Å². The van der Waals surface area contributed by atoms with E-state index in [1.165, 1.54) is 0 Å². The van der Waals surface area contributed by atoms with Gasteiger partial charge in [-0.15, -0.1) is 11.6 Å². The molecule has 1 heterocycles. The third-order valence-electron chi connectivity index (χ3n) is 3.31. The summed E-state index contributed by atoms with van der Waals surface area (Å²) in [6, 6.07) is 0. The van der Waals surface area contributed by atoms with Gasteiger partial charge in [-0.25, -0.2) is 0 Å². The van der Waals surface area contributed by atoms with E-state index in [2.05, 4.69) is 22.6 Å². The summed E-state index contributed by atoms with van der Waals surface area (Å²) in [6.07, 6.45) is 6.03. The van der Waals surface area contributed by atoms with Crippen molar-refractivity contribution < 1.29 is 9.53 Å². The Labute approximate surface area is 117 Å². The van der Waals surface area contributed by atoms with Crippen LogP contribution >= 0.6 is 34.2 Å². The van der Waals surface area contributed by atoms with Gasteiger partial charge in [0.05, 0.1) is 5.41 Å². The molecule has 0 N–H and O–H groups in total. The maximum absolute atomic E-state index is 11.9. The Morgan fingerprint density at radius 1 is 1.56 bits per heavy atom. The lowest BCUT2D eigenvalue weighted by atomic mass is 9.78. The molecule has 2 nitrogen and oxygen atoms in total. The maximum atomic E-state index is 11.9. The Morgan fingerprint density at radius 2 is 2.31 bits per heavy atom. The minimum Gasteiger partial charge on any atom is -0.462 e. The van der Waals surface area contributed by atoms with Crippen molar-refractivity contribution in [1.29, 1.82) is 0 Å². The lowest BCUT2D eigenvalue weighted by Gasteiger charge is -2.35. The largest absolute Gasteiger partial charge is 0.462 e. The fourth-order valence-electron chi connectivity index (χ4n) is 2.13. The van der Waals surface area contributed by atoms with E-state index in [1.807, 2.05) is 6.92 Å². The minimum absolute atomic E-state index is 0.0117. The third-order valence-corrected chi connectivity index (χ3v) is 4.34. The summed E-state index contributed by atoms with van der Waals surface area (Å²) in [4.78, 5) is 11.9. The Hall–Kier alpha value is 0.490. The zero-order valence-corrected chi connectivity index (χ0v) is 12.7. The van der Waals surface area contributed by atoms with Gasteiger partial charge in [0.15, 0.2) is 0 Å². The fourth-order valence-corrected chi connectivity index (χ4v) is 2.70. The molecular weight excluding hydrogens is 338 g/mol. The highest BCUT2D eigenvalue weighted by atomic mass is 127. The zero-order chi connectivity index (χ0) is 12.0. The van der Waals surface area contributed by atoms with Crippen molar-refractivity contribution in [3.8, 4) is 0 Å². The van der Waals surface area contributed by atoms with E-state index in [1.54, 1.807) is 0 Å². The number of carbonyl (C=O) groups is 1. The molecule has 0 aromatic carbocycles. The van der Waals surface area contributed by atoms with E-state index >= 15 is 0 Å². The van der Waals surface area contributed by atoms with Gasteiger partial charge in [0, 0.05) is 5.88 Å².